The first-order chi connectivity index (χ1) is 19.6. The van der Waals surface area contributed by atoms with E-state index in [4.69, 9.17) is 0 Å². The molecule has 0 fully saturated rings. The molecule has 0 saturated carbocycles. The van der Waals surface area contributed by atoms with Gasteiger partial charge < -0.3 is 10.6 Å². The van der Waals surface area contributed by atoms with Gasteiger partial charge in [0.15, 0.2) is 5.78 Å². The van der Waals surface area contributed by atoms with Gasteiger partial charge in [-0.3, -0.25) is 19.2 Å². The minimum absolute atomic E-state index is 0.00120. The molecule has 2 N–H and O–H groups in total. The summed E-state index contributed by atoms with van der Waals surface area (Å²) < 4.78 is 0. The maximum atomic E-state index is 13.1. The van der Waals surface area contributed by atoms with Gasteiger partial charge in [0, 0.05) is 49.2 Å². The fourth-order valence-electron chi connectivity index (χ4n) is 4.67. The molecule has 216 valence electrons. The third-order valence-electron chi connectivity index (χ3n) is 6.79. The van der Waals surface area contributed by atoms with Gasteiger partial charge in [-0.2, -0.15) is 0 Å². The Morgan fingerprint density at radius 3 is 2.10 bits per heavy atom. The summed E-state index contributed by atoms with van der Waals surface area (Å²) in [6.07, 6.45) is 2.29. The summed E-state index contributed by atoms with van der Waals surface area (Å²) >= 11 is 0. The van der Waals surface area contributed by atoms with Crippen molar-refractivity contribution in [3.05, 3.63) is 96.1 Å². The van der Waals surface area contributed by atoms with E-state index in [0.717, 1.165) is 16.7 Å². The smallest absolute Gasteiger partial charge is 0.223 e. The molecule has 0 aliphatic carbocycles. The molecule has 3 aromatic carbocycles. The van der Waals surface area contributed by atoms with E-state index >= 15 is 0 Å². The van der Waals surface area contributed by atoms with Crippen LogP contribution in [0.15, 0.2) is 84.9 Å². The molecule has 3 aromatic rings. The number of amides is 2. The maximum Gasteiger partial charge on any atom is 0.223 e. The van der Waals surface area contributed by atoms with Crippen molar-refractivity contribution >= 4 is 23.4 Å². The monoisotopic (exact) mass is 554 g/mol. The highest BCUT2D eigenvalue weighted by Gasteiger charge is 2.24. The normalized spacial score (nSPS) is 11.9. The summed E-state index contributed by atoms with van der Waals surface area (Å²) in [6.45, 7) is 6.04. The Labute approximate surface area is 243 Å². The van der Waals surface area contributed by atoms with E-state index in [1.165, 1.54) is 0 Å². The second-order valence-electron chi connectivity index (χ2n) is 11.5. The van der Waals surface area contributed by atoms with Crippen molar-refractivity contribution in [1.29, 1.82) is 0 Å². The predicted octanol–water partition coefficient (Wildman–Crippen LogP) is 6.34. The zero-order valence-electron chi connectivity index (χ0n) is 24.5. The molecule has 6 heteroatoms. The number of benzene rings is 3. The Kier molecular flexibility index (Phi) is 12.0. The maximum absolute atomic E-state index is 13.1. The minimum Gasteiger partial charge on any atom is -0.356 e. The standard InChI is InChI=1S/C35H42N2O4/c1-35(2,3)37-33(40)22-20-30(25-31(38)21-19-26-12-6-4-7-13-26)34(41)36-23-11-18-32(39)29-17-10-16-28(24-29)27-14-8-5-9-15-27/h4-10,12-17,24,30H,11,18-23,25H2,1-3H3,(H,36,41)(H,37,40)/t30-/m1/s1. The van der Waals surface area contributed by atoms with E-state index < -0.39 is 5.92 Å². The Morgan fingerprint density at radius 1 is 0.756 bits per heavy atom. The van der Waals surface area contributed by atoms with Gasteiger partial charge in [0.25, 0.3) is 0 Å². The van der Waals surface area contributed by atoms with Gasteiger partial charge in [-0.05, 0) is 62.8 Å². The van der Waals surface area contributed by atoms with E-state index in [9.17, 15) is 19.2 Å². The van der Waals surface area contributed by atoms with E-state index in [0.29, 0.717) is 37.8 Å². The topological polar surface area (TPSA) is 92.3 Å². The molecule has 6 nitrogen and oxygen atoms in total. The van der Waals surface area contributed by atoms with Gasteiger partial charge in [-0.15, -0.1) is 0 Å². The number of Topliss-reactive ketones (excluding diaryl/α,β-unsaturated/α-hetero) is 2. The number of hydrogen-bond donors (Lipinski definition) is 2. The highest BCUT2D eigenvalue weighted by atomic mass is 16.2. The van der Waals surface area contributed by atoms with Gasteiger partial charge in [0.1, 0.15) is 5.78 Å². The van der Waals surface area contributed by atoms with Crippen molar-refractivity contribution in [1.82, 2.24) is 10.6 Å². The van der Waals surface area contributed by atoms with Gasteiger partial charge >= 0.3 is 0 Å². The zero-order chi connectivity index (χ0) is 29.7. The first-order valence-corrected chi connectivity index (χ1v) is 14.4. The molecule has 3 rings (SSSR count). The summed E-state index contributed by atoms with van der Waals surface area (Å²) in [6, 6.07) is 27.3. The number of rotatable bonds is 15. The van der Waals surface area contributed by atoms with Gasteiger partial charge in [-0.1, -0.05) is 78.9 Å². The van der Waals surface area contributed by atoms with Gasteiger partial charge in [0.05, 0.1) is 0 Å². The highest BCUT2D eigenvalue weighted by molar-refractivity contribution is 5.97. The molecule has 0 aliphatic rings. The van der Waals surface area contributed by atoms with Crippen LogP contribution in [0.1, 0.15) is 75.2 Å². The lowest BCUT2D eigenvalue weighted by atomic mass is 9.93. The van der Waals surface area contributed by atoms with E-state index in [1.54, 1.807) is 0 Å². The van der Waals surface area contributed by atoms with Gasteiger partial charge in [-0.25, -0.2) is 0 Å². The van der Waals surface area contributed by atoms with Crippen molar-refractivity contribution < 1.29 is 19.2 Å². The molecule has 0 spiro atoms. The van der Waals surface area contributed by atoms with E-state index in [1.807, 2.05) is 106 Å². The van der Waals surface area contributed by atoms with E-state index in [-0.39, 0.29) is 48.2 Å². The highest BCUT2D eigenvalue weighted by Crippen LogP contribution is 2.21. The average molecular weight is 555 g/mol. The molecule has 0 heterocycles. The fourth-order valence-corrected chi connectivity index (χ4v) is 4.67. The average Bonchev–Trinajstić information content (AvgIpc) is 2.96. The molecule has 0 aromatic heterocycles. The second kappa shape index (κ2) is 15.7. The number of hydrogen-bond acceptors (Lipinski definition) is 4. The van der Waals surface area contributed by atoms with Crippen LogP contribution in [0.5, 0.6) is 0 Å². The predicted molar refractivity (Wildman–Crippen MR) is 163 cm³/mol. The minimum atomic E-state index is -0.595. The quantitative estimate of drug-likeness (QED) is 0.169. The molecule has 0 bridgehead atoms. The SMILES string of the molecule is CC(C)(C)NC(=O)CC[C@H](CC(=O)CCc1ccccc1)C(=O)NCCCC(=O)c1cccc(-c2ccccc2)c1. The van der Waals surface area contributed by atoms with Crippen molar-refractivity contribution in [2.24, 2.45) is 5.92 Å². The summed E-state index contributed by atoms with van der Waals surface area (Å²) in [5, 5.41) is 5.82. The summed E-state index contributed by atoms with van der Waals surface area (Å²) in [7, 11) is 0. The number of aryl methyl sites for hydroxylation is 1. The Hall–Kier alpha value is -4.06. The van der Waals surface area contributed by atoms with Crippen LogP contribution in [0, 0.1) is 5.92 Å². The molecule has 0 aliphatic heterocycles. The van der Waals surface area contributed by atoms with Crippen molar-refractivity contribution in [2.45, 2.75) is 71.3 Å². The summed E-state index contributed by atoms with van der Waals surface area (Å²) in [5.41, 5.74) is 3.39. The van der Waals surface area contributed by atoms with E-state index in [2.05, 4.69) is 10.6 Å². The van der Waals surface area contributed by atoms with Crippen LogP contribution >= 0.6 is 0 Å². The Morgan fingerprint density at radius 2 is 1.41 bits per heavy atom. The summed E-state index contributed by atoms with van der Waals surface area (Å²) in [4.78, 5) is 51.1. The number of ketones is 2. The number of carbonyl (C=O) groups is 4. The second-order valence-corrected chi connectivity index (χ2v) is 11.5. The first-order valence-electron chi connectivity index (χ1n) is 14.4. The van der Waals surface area contributed by atoms with Crippen LogP contribution in [0.2, 0.25) is 0 Å². The van der Waals surface area contributed by atoms with Crippen LogP contribution in [0.25, 0.3) is 11.1 Å². The lowest BCUT2D eigenvalue weighted by molar-refractivity contribution is -0.130. The van der Waals surface area contributed by atoms with Crippen LogP contribution in [-0.4, -0.2) is 35.5 Å². The molecular weight excluding hydrogens is 512 g/mol. The van der Waals surface area contributed by atoms with Crippen LogP contribution in [0.4, 0.5) is 0 Å². The zero-order valence-corrected chi connectivity index (χ0v) is 24.5. The van der Waals surface area contributed by atoms with Crippen LogP contribution in [0.3, 0.4) is 0 Å². The largest absolute Gasteiger partial charge is 0.356 e. The number of carbonyl (C=O) groups excluding carboxylic acids is 4. The van der Waals surface area contributed by atoms with Crippen LogP contribution in [-0.2, 0) is 20.8 Å². The molecule has 0 unspecified atom stereocenters. The van der Waals surface area contributed by atoms with Gasteiger partial charge in [0.2, 0.25) is 11.8 Å². The third kappa shape index (κ3) is 11.5. The summed E-state index contributed by atoms with van der Waals surface area (Å²) in [5.74, 6) is -0.972. The molecule has 0 saturated heterocycles. The third-order valence-corrected chi connectivity index (χ3v) is 6.79. The van der Waals surface area contributed by atoms with Crippen molar-refractivity contribution in [3.8, 4) is 11.1 Å². The molecule has 1 atom stereocenters. The lowest BCUT2D eigenvalue weighted by Gasteiger charge is -2.21. The molecule has 41 heavy (non-hydrogen) atoms. The Balaban J connectivity index is 1.51. The lowest BCUT2D eigenvalue weighted by Crippen LogP contribution is -2.41. The van der Waals surface area contributed by atoms with Crippen molar-refractivity contribution in [2.75, 3.05) is 6.54 Å². The van der Waals surface area contributed by atoms with Crippen molar-refractivity contribution in [3.63, 3.8) is 0 Å². The molecule has 0 radical (unpaired) electrons. The Bertz CT molecular complexity index is 1300. The molecule has 2 amide bonds. The fraction of sp³-hybridized carbons (Fsp3) is 0.371. The van der Waals surface area contributed by atoms with Crippen LogP contribution < -0.4 is 10.6 Å². The molecular formula is C35H42N2O4. The number of nitrogens with one attached hydrogen (secondary N) is 2. The first kappa shape index (κ1) is 31.5.